The standard InChI is InChI=1S/C15H20N4OS/c1-3-10(2)17-15(20)9-19-12-7-5-4-6-11(12)18-14(19)8-13(16)21/h4-7,10H,3,8-9H2,1-2H3,(H2,16,21)(H,17,20). The van der Waals surface area contributed by atoms with Crippen molar-refractivity contribution in [2.24, 2.45) is 5.73 Å². The van der Waals surface area contributed by atoms with Crippen molar-refractivity contribution in [2.75, 3.05) is 0 Å². The topological polar surface area (TPSA) is 72.9 Å². The fourth-order valence-corrected chi connectivity index (χ4v) is 2.29. The van der Waals surface area contributed by atoms with E-state index in [9.17, 15) is 4.79 Å². The van der Waals surface area contributed by atoms with Crippen molar-refractivity contribution in [1.82, 2.24) is 14.9 Å². The Kier molecular flexibility index (Phi) is 4.90. The van der Waals surface area contributed by atoms with Gasteiger partial charge in [0.1, 0.15) is 12.4 Å². The minimum Gasteiger partial charge on any atom is -0.393 e. The van der Waals surface area contributed by atoms with Crippen molar-refractivity contribution >= 4 is 34.1 Å². The van der Waals surface area contributed by atoms with E-state index in [2.05, 4.69) is 10.3 Å². The van der Waals surface area contributed by atoms with E-state index in [1.165, 1.54) is 0 Å². The van der Waals surface area contributed by atoms with Crippen molar-refractivity contribution < 1.29 is 4.79 Å². The molecule has 1 amide bonds. The highest BCUT2D eigenvalue weighted by atomic mass is 32.1. The molecular weight excluding hydrogens is 284 g/mol. The molecule has 0 aliphatic carbocycles. The highest BCUT2D eigenvalue weighted by Crippen LogP contribution is 2.16. The Bertz CT molecular complexity index is 665. The zero-order chi connectivity index (χ0) is 15.4. The van der Waals surface area contributed by atoms with Crippen LogP contribution in [0, 0.1) is 0 Å². The number of hydrogen-bond acceptors (Lipinski definition) is 3. The van der Waals surface area contributed by atoms with Crippen LogP contribution >= 0.6 is 12.2 Å². The lowest BCUT2D eigenvalue weighted by Gasteiger charge is -2.13. The lowest BCUT2D eigenvalue weighted by molar-refractivity contribution is -0.122. The Balaban J connectivity index is 2.31. The summed E-state index contributed by atoms with van der Waals surface area (Å²) < 4.78 is 1.88. The summed E-state index contributed by atoms with van der Waals surface area (Å²) in [6.07, 6.45) is 1.29. The van der Waals surface area contributed by atoms with Crippen LogP contribution in [0.2, 0.25) is 0 Å². The third kappa shape index (κ3) is 3.78. The molecular formula is C15H20N4OS. The van der Waals surface area contributed by atoms with Gasteiger partial charge in [0.05, 0.1) is 22.4 Å². The third-order valence-corrected chi connectivity index (χ3v) is 3.53. The molecule has 112 valence electrons. The first-order valence-electron chi connectivity index (χ1n) is 7.03. The molecule has 2 aromatic rings. The number of thiocarbonyl (C=S) groups is 1. The fraction of sp³-hybridized carbons (Fsp3) is 0.400. The quantitative estimate of drug-likeness (QED) is 0.798. The highest BCUT2D eigenvalue weighted by molar-refractivity contribution is 7.80. The summed E-state index contributed by atoms with van der Waals surface area (Å²) in [5.41, 5.74) is 7.39. The average molecular weight is 304 g/mol. The Labute approximate surface area is 129 Å². The smallest absolute Gasteiger partial charge is 0.240 e. The van der Waals surface area contributed by atoms with E-state index in [0.717, 1.165) is 23.3 Å². The van der Waals surface area contributed by atoms with Crippen molar-refractivity contribution in [3.8, 4) is 0 Å². The number of imidazole rings is 1. The molecule has 1 atom stereocenters. The maximum Gasteiger partial charge on any atom is 0.240 e. The molecule has 1 unspecified atom stereocenters. The Morgan fingerprint density at radius 3 is 2.86 bits per heavy atom. The van der Waals surface area contributed by atoms with Gasteiger partial charge >= 0.3 is 0 Å². The average Bonchev–Trinajstić information content (AvgIpc) is 2.76. The summed E-state index contributed by atoms with van der Waals surface area (Å²) >= 11 is 4.97. The van der Waals surface area contributed by atoms with Crippen LogP contribution in [0.15, 0.2) is 24.3 Å². The number of nitrogens with one attached hydrogen (secondary N) is 1. The maximum atomic E-state index is 12.1. The van der Waals surface area contributed by atoms with Crippen LogP contribution in [0.3, 0.4) is 0 Å². The number of carbonyl (C=O) groups is 1. The molecule has 3 N–H and O–H groups in total. The van der Waals surface area contributed by atoms with Crippen LogP contribution in [0.5, 0.6) is 0 Å². The van der Waals surface area contributed by atoms with E-state index in [0.29, 0.717) is 11.4 Å². The predicted octanol–water partition coefficient (Wildman–Crippen LogP) is 1.78. The molecule has 0 saturated heterocycles. The molecule has 0 fully saturated rings. The van der Waals surface area contributed by atoms with Gasteiger partial charge in [0.25, 0.3) is 0 Å². The molecule has 21 heavy (non-hydrogen) atoms. The third-order valence-electron chi connectivity index (χ3n) is 3.39. The summed E-state index contributed by atoms with van der Waals surface area (Å²) in [7, 11) is 0. The first kappa shape index (κ1) is 15.4. The summed E-state index contributed by atoms with van der Waals surface area (Å²) in [6.45, 7) is 4.25. The van der Waals surface area contributed by atoms with Gasteiger partial charge in [-0.25, -0.2) is 4.98 Å². The normalized spacial score (nSPS) is 12.3. The molecule has 0 saturated carbocycles. The van der Waals surface area contributed by atoms with Crippen LogP contribution in [-0.2, 0) is 17.8 Å². The van der Waals surface area contributed by atoms with Crippen LogP contribution in [-0.4, -0.2) is 26.5 Å². The van der Waals surface area contributed by atoms with Crippen LogP contribution in [0.25, 0.3) is 11.0 Å². The van der Waals surface area contributed by atoms with Gasteiger partial charge in [0, 0.05) is 6.04 Å². The monoisotopic (exact) mass is 304 g/mol. The minimum atomic E-state index is -0.0308. The van der Waals surface area contributed by atoms with E-state index in [4.69, 9.17) is 18.0 Å². The number of carbonyl (C=O) groups excluding carboxylic acids is 1. The second-order valence-corrected chi connectivity index (χ2v) is 5.65. The lowest BCUT2D eigenvalue weighted by atomic mass is 10.2. The summed E-state index contributed by atoms with van der Waals surface area (Å²) in [5, 5.41) is 2.96. The minimum absolute atomic E-state index is 0.0308. The number of amides is 1. The first-order valence-corrected chi connectivity index (χ1v) is 7.44. The molecule has 1 aromatic carbocycles. The van der Waals surface area contributed by atoms with E-state index >= 15 is 0 Å². The van der Waals surface area contributed by atoms with Crippen LogP contribution < -0.4 is 11.1 Å². The summed E-state index contributed by atoms with van der Waals surface area (Å²) in [6, 6.07) is 7.87. The molecule has 0 radical (unpaired) electrons. The van der Waals surface area contributed by atoms with Crippen LogP contribution in [0.4, 0.5) is 0 Å². The van der Waals surface area contributed by atoms with Gasteiger partial charge in [-0.2, -0.15) is 0 Å². The Morgan fingerprint density at radius 1 is 1.48 bits per heavy atom. The first-order chi connectivity index (χ1) is 10.0. The van der Waals surface area contributed by atoms with Crippen molar-refractivity contribution in [2.45, 2.75) is 39.3 Å². The van der Waals surface area contributed by atoms with Gasteiger partial charge in [0.2, 0.25) is 5.91 Å². The molecule has 2 rings (SSSR count). The number of hydrogen-bond donors (Lipinski definition) is 2. The van der Waals surface area contributed by atoms with E-state index in [-0.39, 0.29) is 18.5 Å². The zero-order valence-electron chi connectivity index (χ0n) is 12.3. The summed E-state index contributed by atoms with van der Waals surface area (Å²) in [5.74, 6) is 0.694. The van der Waals surface area contributed by atoms with Gasteiger partial charge in [-0.1, -0.05) is 31.3 Å². The molecule has 0 aliphatic rings. The predicted molar refractivity (Wildman–Crippen MR) is 88.1 cm³/mol. The molecule has 5 nitrogen and oxygen atoms in total. The van der Waals surface area contributed by atoms with E-state index < -0.39 is 0 Å². The van der Waals surface area contributed by atoms with Gasteiger partial charge in [-0.3, -0.25) is 4.79 Å². The lowest BCUT2D eigenvalue weighted by Crippen LogP contribution is -2.35. The second kappa shape index (κ2) is 6.67. The Morgan fingerprint density at radius 2 is 2.19 bits per heavy atom. The van der Waals surface area contributed by atoms with Crippen molar-refractivity contribution in [3.63, 3.8) is 0 Å². The van der Waals surface area contributed by atoms with Gasteiger partial charge < -0.3 is 15.6 Å². The molecule has 0 bridgehead atoms. The fourth-order valence-electron chi connectivity index (χ4n) is 2.16. The number of rotatable bonds is 6. The van der Waals surface area contributed by atoms with Gasteiger partial charge in [0.15, 0.2) is 0 Å². The number of aromatic nitrogens is 2. The number of nitrogens with zero attached hydrogens (tertiary/aromatic N) is 2. The van der Waals surface area contributed by atoms with Gasteiger partial charge in [-0.15, -0.1) is 0 Å². The van der Waals surface area contributed by atoms with E-state index in [1.54, 1.807) is 0 Å². The number of fused-ring (bicyclic) bond motifs is 1. The maximum absolute atomic E-state index is 12.1. The second-order valence-electron chi connectivity index (χ2n) is 5.12. The molecule has 0 aliphatic heterocycles. The largest absolute Gasteiger partial charge is 0.393 e. The molecule has 6 heteroatoms. The number of nitrogens with two attached hydrogens (primary N) is 1. The van der Waals surface area contributed by atoms with Crippen LogP contribution in [0.1, 0.15) is 26.1 Å². The highest BCUT2D eigenvalue weighted by Gasteiger charge is 2.14. The molecule has 1 heterocycles. The summed E-state index contributed by atoms with van der Waals surface area (Å²) in [4.78, 5) is 17.0. The number of para-hydroxylation sites is 2. The molecule has 0 spiro atoms. The van der Waals surface area contributed by atoms with Crippen molar-refractivity contribution in [3.05, 3.63) is 30.1 Å². The van der Waals surface area contributed by atoms with E-state index in [1.807, 2.05) is 42.7 Å². The number of benzene rings is 1. The zero-order valence-corrected chi connectivity index (χ0v) is 13.1. The SMILES string of the molecule is CCC(C)NC(=O)Cn1c(CC(N)=S)nc2ccccc21. The van der Waals surface area contributed by atoms with Crippen molar-refractivity contribution in [1.29, 1.82) is 0 Å². The molecule has 1 aromatic heterocycles. The van der Waals surface area contributed by atoms with Gasteiger partial charge in [-0.05, 0) is 25.5 Å². The Hall–Kier alpha value is -1.95.